The summed E-state index contributed by atoms with van der Waals surface area (Å²) in [5, 5.41) is 13.0. The van der Waals surface area contributed by atoms with Gasteiger partial charge < -0.3 is 14.9 Å². The Morgan fingerprint density at radius 2 is 1.39 bits per heavy atom. The predicted molar refractivity (Wildman–Crippen MR) is 149 cm³/mol. The van der Waals surface area contributed by atoms with Crippen LogP contribution in [-0.4, -0.2) is 37.5 Å². The monoisotopic (exact) mass is 522 g/mol. The van der Waals surface area contributed by atoms with Crippen molar-refractivity contribution in [3.63, 3.8) is 0 Å². The molecule has 2 atom stereocenters. The fraction of sp³-hybridized carbons (Fsp3) is 0.500. The highest BCUT2D eigenvalue weighted by atomic mass is 19.4. The van der Waals surface area contributed by atoms with Crippen molar-refractivity contribution in [2.24, 2.45) is 10.8 Å². The number of hydrogen-bond acceptors (Lipinski definition) is 3. The SMILES string of the molecule is CC1C(C(F)(F)F)N(C)c2cc3c(O)cc4c(c3cc2N1C)-c1ccccc1C41CC(C)(C)CC(C)(C)C1. The summed E-state index contributed by atoms with van der Waals surface area (Å²) in [6, 6.07) is 11.9. The lowest BCUT2D eigenvalue weighted by atomic mass is 9.52. The molecule has 6 heteroatoms. The van der Waals surface area contributed by atoms with Crippen LogP contribution in [0.25, 0.3) is 21.9 Å². The number of fused-ring (bicyclic) bond motifs is 8. The molecule has 202 valence electrons. The molecule has 2 aliphatic carbocycles. The molecule has 1 spiro atoms. The Morgan fingerprint density at radius 1 is 0.816 bits per heavy atom. The fourth-order valence-corrected chi connectivity index (χ4v) is 8.82. The van der Waals surface area contributed by atoms with Gasteiger partial charge >= 0.3 is 6.18 Å². The molecule has 38 heavy (non-hydrogen) atoms. The molecule has 2 unspecified atom stereocenters. The number of alkyl halides is 3. The van der Waals surface area contributed by atoms with Crippen LogP contribution in [0.15, 0.2) is 42.5 Å². The Kier molecular flexibility index (Phi) is 5.08. The summed E-state index contributed by atoms with van der Waals surface area (Å²) in [5.74, 6) is 0.133. The summed E-state index contributed by atoms with van der Waals surface area (Å²) in [7, 11) is 3.25. The third-order valence-electron chi connectivity index (χ3n) is 9.54. The average molecular weight is 523 g/mol. The van der Waals surface area contributed by atoms with Crippen LogP contribution in [0.3, 0.4) is 0 Å². The molecule has 3 nitrogen and oxygen atoms in total. The molecule has 1 N–H and O–H groups in total. The van der Waals surface area contributed by atoms with Gasteiger partial charge in [0, 0.05) is 24.9 Å². The van der Waals surface area contributed by atoms with Crippen LogP contribution in [0.5, 0.6) is 5.75 Å². The van der Waals surface area contributed by atoms with E-state index in [9.17, 15) is 18.3 Å². The molecule has 0 aromatic heterocycles. The summed E-state index contributed by atoms with van der Waals surface area (Å²) in [6.45, 7) is 11.0. The fourth-order valence-electron chi connectivity index (χ4n) is 8.82. The molecule has 1 aliphatic heterocycles. The van der Waals surface area contributed by atoms with E-state index in [0.29, 0.717) is 11.1 Å². The van der Waals surface area contributed by atoms with Crippen molar-refractivity contribution in [2.45, 2.75) is 77.6 Å². The Balaban J connectivity index is 1.66. The van der Waals surface area contributed by atoms with Crippen LogP contribution < -0.4 is 9.80 Å². The van der Waals surface area contributed by atoms with Gasteiger partial charge in [0.1, 0.15) is 11.8 Å². The number of halogens is 3. The van der Waals surface area contributed by atoms with Crippen molar-refractivity contribution >= 4 is 22.1 Å². The van der Waals surface area contributed by atoms with Crippen molar-refractivity contribution in [1.82, 2.24) is 0 Å². The van der Waals surface area contributed by atoms with Crippen LogP contribution >= 0.6 is 0 Å². The van der Waals surface area contributed by atoms with Gasteiger partial charge in [0.05, 0.1) is 17.4 Å². The minimum absolute atomic E-state index is 0.113. The molecule has 0 saturated heterocycles. The van der Waals surface area contributed by atoms with Gasteiger partial charge in [-0.1, -0.05) is 52.0 Å². The second kappa shape index (κ2) is 7.61. The minimum Gasteiger partial charge on any atom is -0.507 e. The first-order valence-corrected chi connectivity index (χ1v) is 13.5. The molecule has 1 saturated carbocycles. The van der Waals surface area contributed by atoms with Gasteiger partial charge in [-0.05, 0) is 82.9 Å². The maximum absolute atomic E-state index is 14.1. The van der Waals surface area contributed by atoms with Gasteiger partial charge in [0.2, 0.25) is 0 Å². The Morgan fingerprint density at radius 3 is 2.03 bits per heavy atom. The number of likely N-dealkylation sites (N-methyl/N-ethyl adjacent to an activating group) is 2. The first-order valence-electron chi connectivity index (χ1n) is 13.5. The van der Waals surface area contributed by atoms with Gasteiger partial charge in [0.25, 0.3) is 0 Å². The van der Waals surface area contributed by atoms with E-state index in [1.165, 1.54) is 23.1 Å². The molecule has 0 radical (unpaired) electrons. The average Bonchev–Trinajstić information content (AvgIpc) is 3.02. The minimum atomic E-state index is -4.37. The van der Waals surface area contributed by atoms with E-state index >= 15 is 0 Å². The highest BCUT2D eigenvalue weighted by molar-refractivity contribution is 6.08. The molecule has 0 bridgehead atoms. The van der Waals surface area contributed by atoms with E-state index in [1.807, 2.05) is 12.1 Å². The predicted octanol–water partition coefficient (Wildman–Crippen LogP) is 8.25. The normalized spacial score (nSPS) is 24.9. The van der Waals surface area contributed by atoms with E-state index in [4.69, 9.17) is 0 Å². The summed E-state index contributed by atoms with van der Waals surface area (Å²) >= 11 is 0. The zero-order valence-electron chi connectivity index (χ0n) is 23.3. The number of aromatic hydroxyl groups is 1. The third-order valence-corrected chi connectivity index (χ3v) is 9.54. The van der Waals surface area contributed by atoms with Crippen LogP contribution in [0, 0.1) is 10.8 Å². The Bertz CT molecular complexity index is 1460. The van der Waals surface area contributed by atoms with Crippen LogP contribution in [-0.2, 0) is 5.41 Å². The van der Waals surface area contributed by atoms with Crippen molar-refractivity contribution in [3.8, 4) is 16.9 Å². The lowest BCUT2D eigenvalue weighted by Crippen LogP contribution is -2.59. The van der Waals surface area contributed by atoms with Gasteiger partial charge in [0.15, 0.2) is 0 Å². The zero-order chi connectivity index (χ0) is 27.6. The topological polar surface area (TPSA) is 26.7 Å². The molecular formula is C32H37F3N2O. The smallest absolute Gasteiger partial charge is 0.410 e. The molecule has 3 aliphatic rings. The van der Waals surface area contributed by atoms with Crippen LogP contribution in [0.1, 0.15) is 65.0 Å². The number of anilines is 2. The van der Waals surface area contributed by atoms with Crippen molar-refractivity contribution in [1.29, 1.82) is 0 Å². The van der Waals surface area contributed by atoms with Gasteiger partial charge in [-0.2, -0.15) is 13.2 Å². The molecule has 3 aromatic carbocycles. The zero-order valence-corrected chi connectivity index (χ0v) is 23.3. The largest absolute Gasteiger partial charge is 0.507 e. The third kappa shape index (κ3) is 3.41. The lowest BCUT2D eigenvalue weighted by Gasteiger charge is -2.51. The van der Waals surface area contributed by atoms with E-state index < -0.39 is 18.3 Å². The first kappa shape index (κ1) is 25.4. The summed E-state index contributed by atoms with van der Waals surface area (Å²) in [6.07, 6.45) is -1.28. The number of nitrogens with zero attached hydrogens (tertiary/aromatic N) is 2. The van der Waals surface area contributed by atoms with Crippen molar-refractivity contribution in [2.75, 3.05) is 23.9 Å². The summed E-state index contributed by atoms with van der Waals surface area (Å²) in [5.41, 5.74) is 5.98. The number of rotatable bonds is 0. The standard InChI is InChI=1S/C32H37F3N2O/c1-18-28(32(33,34)35)37(7)25-12-20-21(13-24(25)36(18)6)27-19-10-8-9-11-22(19)31(23(27)14-26(20)38)16-29(2,3)15-30(4,5)17-31/h8-14,18,28,38H,15-17H2,1-7H3. The van der Waals surface area contributed by atoms with Crippen molar-refractivity contribution < 1.29 is 18.3 Å². The molecular weight excluding hydrogens is 485 g/mol. The summed E-state index contributed by atoms with van der Waals surface area (Å²) in [4.78, 5) is 3.07. The molecule has 1 heterocycles. The first-order chi connectivity index (χ1) is 17.6. The number of phenolic OH excluding ortho intramolecular Hbond substituents is 1. The van der Waals surface area contributed by atoms with E-state index in [-0.39, 0.29) is 22.0 Å². The molecule has 0 amide bonds. The summed E-state index contributed by atoms with van der Waals surface area (Å²) < 4.78 is 42.2. The second-order valence-electron chi connectivity index (χ2n) is 13.6. The van der Waals surface area contributed by atoms with Gasteiger partial charge in [-0.25, -0.2) is 0 Å². The Hall–Kier alpha value is -2.89. The van der Waals surface area contributed by atoms with Crippen LogP contribution in [0.4, 0.5) is 24.5 Å². The van der Waals surface area contributed by atoms with Crippen molar-refractivity contribution in [3.05, 3.63) is 53.6 Å². The maximum Gasteiger partial charge on any atom is 0.410 e. The van der Waals surface area contributed by atoms with E-state index in [0.717, 1.165) is 41.5 Å². The highest BCUT2D eigenvalue weighted by Gasteiger charge is 2.54. The molecule has 1 fully saturated rings. The highest BCUT2D eigenvalue weighted by Crippen LogP contribution is 2.65. The second-order valence-corrected chi connectivity index (χ2v) is 13.6. The van der Waals surface area contributed by atoms with E-state index in [1.54, 1.807) is 24.9 Å². The van der Waals surface area contributed by atoms with Gasteiger partial charge in [-0.3, -0.25) is 0 Å². The number of hydrogen-bond donors (Lipinski definition) is 1. The molecule has 3 aromatic rings. The maximum atomic E-state index is 14.1. The van der Waals surface area contributed by atoms with Crippen LogP contribution in [0.2, 0.25) is 0 Å². The number of benzene rings is 3. The lowest BCUT2D eigenvalue weighted by molar-refractivity contribution is -0.152. The number of phenols is 1. The Labute approximate surface area is 223 Å². The van der Waals surface area contributed by atoms with Gasteiger partial charge in [-0.15, -0.1) is 0 Å². The molecule has 6 rings (SSSR count). The van der Waals surface area contributed by atoms with E-state index in [2.05, 4.69) is 52.0 Å². The quantitative estimate of drug-likeness (QED) is 0.322.